The second-order valence-electron chi connectivity index (χ2n) is 3.46. The monoisotopic (exact) mass is 400 g/mol. The van der Waals surface area contributed by atoms with Crippen molar-refractivity contribution < 1.29 is 9.47 Å². The van der Waals surface area contributed by atoms with E-state index in [1.165, 1.54) is 12.1 Å². The highest BCUT2D eigenvalue weighted by Gasteiger charge is 2.42. The number of rotatable bonds is 0. The van der Waals surface area contributed by atoms with Gasteiger partial charge in [0.05, 0.1) is 10.6 Å². The molecule has 19 heavy (non-hydrogen) atoms. The Morgan fingerprint density at radius 2 is 1.68 bits per heavy atom. The molecule has 1 heterocycles. The maximum absolute atomic E-state index is 6.03. The van der Waals surface area contributed by atoms with Crippen LogP contribution in [0.5, 0.6) is 5.75 Å². The highest BCUT2D eigenvalue weighted by molar-refractivity contribution is 6.68. The maximum Gasteiger partial charge on any atom is 0.288 e. The van der Waals surface area contributed by atoms with E-state index < -0.39 is 10.1 Å². The molecule has 1 aliphatic heterocycles. The van der Waals surface area contributed by atoms with Crippen molar-refractivity contribution in [2.45, 2.75) is 10.1 Å². The van der Waals surface area contributed by atoms with Gasteiger partial charge in [-0.05, 0) is 12.1 Å². The van der Waals surface area contributed by atoms with E-state index in [1.54, 1.807) is 0 Å². The maximum atomic E-state index is 6.03. The topological polar surface area (TPSA) is 18.5 Å². The quantitative estimate of drug-likeness (QED) is 0.480. The first-order valence-electron chi connectivity index (χ1n) is 4.65. The fraction of sp³-hybridized carbons (Fsp3) is 0.200. The molecule has 0 saturated heterocycles. The molecule has 0 aliphatic carbocycles. The van der Waals surface area contributed by atoms with Crippen LogP contribution in [-0.4, -0.2) is 10.1 Å². The Labute approximate surface area is 144 Å². The average Bonchev–Trinajstić information content (AvgIpc) is 2.25. The lowest BCUT2D eigenvalue weighted by Crippen LogP contribution is -2.37. The van der Waals surface area contributed by atoms with Crippen LogP contribution >= 0.6 is 81.2 Å². The predicted molar refractivity (Wildman–Crippen MR) is 80.9 cm³/mol. The minimum absolute atomic E-state index is 0.0744. The van der Waals surface area contributed by atoms with Crippen LogP contribution < -0.4 is 4.74 Å². The molecule has 0 radical (unpaired) electrons. The third-order valence-corrected chi connectivity index (χ3v) is 3.52. The molecule has 2 rings (SSSR count). The van der Waals surface area contributed by atoms with Crippen molar-refractivity contribution in [1.29, 1.82) is 0 Å². The molecular formula is C10H3Cl7O2. The number of hydrogen-bond donors (Lipinski definition) is 0. The third-order valence-electron chi connectivity index (χ3n) is 2.14. The molecule has 0 N–H and O–H groups in total. The van der Waals surface area contributed by atoms with Crippen LogP contribution in [0.4, 0.5) is 0 Å². The van der Waals surface area contributed by atoms with Crippen LogP contribution in [0.2, 0.25) is 10.0 Å². The molecular weight excluding hydrogens is 400 g/mol. The lowest BCUT2D eigenvalue weighted by atomic mass is 10.1. The van der Waals surface area contributed by atoms with Crippen molar-refractivity contribution >= 4 is 87.0 Å². The number of ether oxygens (including phenoxy) is 2. The summed E-state index contributed by atoms with van der Waals surface area (Å²) in [5.74, 6) is 0.299. The van der Waals surface area contributed by atoms with Crippen molar-refractivity contribution in [2.24, 2.45) is 0 Å². The van der Waals surface area contributed by atoms with Gasteiger partial charge in [0.25, 0.3) is 10.1 Å². The van der Waals surface area contributed by atoms with Gasteiger partial charge in [-0.25, -0.2) is 0 Å². The van der Waals surface area contributed by atoms with Crippen LogP contribution in [0.1, 0.15) is 5.56 Å². The van der Waals surface area contributed by atoms with E-state index in [4.69, 9.17) is 90.7 Å². The van der Waals surface area contributed by atoms with Gasteiger partial charge in [-0.3, -0.25) is 0 Å². The number of benzene rings is 1. The summed E-state index contributed by atoms with van der Waals surface area (Å²) in [4.78, 5) is 0. The number of halogens is 7. The molecule has 104 valence electrons. The molecule has 0 spiro atoms. The fourth-order valence-corrected chi connectivity index (χ4v) is 2.53. The summed E-state index contributed by atoms with van der Waals surface area (Å²) in [6.07, 6.45) is -1.24. The lowest BCUT2D eigenvalue weighted by Gasteiger charge is -2.33. The number of alkyl halides is 3. The van der Waals surface area contributed by atoms with Crippen molar-refractivity contribution in [2.75, 3.05) is 0 Å². The van der Waals surface area contributed by atoms with Crippen LogP contribution in [0.25, 0.3) is 5.76 Å². The van der Waals surface area contributed by atoms with Crippen LogP contribution in [-0.2, 0) is 4.74 Å². The van der Waals surface area contributed by atoms with E-state index in [9.17, 15) is 0 Å². The summed E-state index contributed by atoms with van der Waals surface area (Å²) in [6.45, 7) is 0. The fourth-order valence-electron chi connectivity index (χ4n) is 1.43. The smallest absolute Gasteiger partial charge is 0.288 e. The van der Waals surface area contributed by atoms with E-state index in [-0.39, 0.29) is 21.0 Å². The molecule has 9 heteroatoms. The summed E-state index contributed by atoms with van der Waals surface area (Å²) in [5, 5.41) is 0.576. The van der Waals surface area contributed by atoms with Gasteiger partial charge in [-0.2, -0.15) is 0 Å². The van der Waals surface area contributed by atoms with Crippen molar-refractivity contribution in [1.82, 2.24) is 0 Å². The minimum atomic E-state index is -1.85. The first-order valence-corrected chi connectivity index (χ1v) is 7.29. The normalized spacial score (nSPS) is 18.5. The average molecular weight is 403 g/mol. The molecule has 0 amide bonds. The van der Waals surface area contributed by atoms with Gasteiger partial charge < -0.3 is 9.47 Å². The Kier molecular flexibility index (Phi) is 4.84. The summed E-state index contributed by atoms with van der Waals surface area (Å²) >= 11 is 40.6. The zero-order valence-electron chi connectivity index (χ0n) is 8.69. The predicted octanol–water partition coefficient (Wildman–Crippen LogP) is 6.20. The second-order valence-corrected chi connectivity index (χ2v) is 7.63. The van der Waals surface area contributed by atoms with E-state index >= 15 is 0 Å². The summed E-state index contributed by atoms with van der Waals surface area (Å²) < 4.78 is 8.71. The molecule has 1 aliphatic rings. The Morgan fingerprint density at radius 3 is 2.21 bits per heavy atom. The summed E-state index contributed by atoms with van der Waals surface area (Å²) in [7, 11) is 0. The van der Waals surface area contributed by atoms with Gasteiger partial charge in [-0.15, -0.1) is 0 Å². The lowest BCUT2D eigenvalue weighted by molar-refractivity contribution is -0.0247. The van der Waals surface area contributed by atoms with Gasteiger partial charge in [0.15, 0.2) is 11.5 Å². The Hall–Kier alpha value is 0.590. The summed E-state index contributed by atoms with van der Waals surface area (Å²) in [5.41, 5.74) is 0.378. The van der Waals surface area contributed by atoms with Crippen LogP contribution in [0.3, 0.4) is 0 Å². The molecule has 0 saturated carbocycles. The van der Waals surface area contributed by atoms with Crippen molar-refractivity contribution in [3.63, 3.8) is 0 Å². The molecule has 1 aromatic rings. The summed E-state index contributed by atoms with van der Waals surface area (Å²) in [6, 6.07) is 3.00. The van der Waals surface area contributed by atoms with Gasteiger partial charge in [0.1, 0.15) is 4.49 Å². The minimum Gasteiger partial charge on any atom is -0.448 e. The van der Waals surface area contributed by atoms with Crippen molar-refractivity contribution in [3.05, 3.63) is 32.2 Å². The molecule has 1 atom stereocenters. The molecule has 0 aromatic heterocycles. The Balaban J connectivity index is 2.60. The number of fused-ring (bicyclic) bond motifs is 1. The van der Waals surface area contributed by atoms with Crippen molar-refractivity contribution in [3.8, 4) is 5.75 Å². The van der Waals surface area contributed by atoms with Crippen LogP contribution in [0.15, 0.2) is 16.6 Å². The van der Waals surface area contributed by atoms with Gasteiger partial charge in [0.2, 0.25) is 0 Å². The van der Waals surface area contributed by atoms with E-state index in [0.717, 1.165) is 0 Å². The zero-order chi connectivity index (χ0) is 14.4. The molecule has 1 aromatic carbocycles. The molecule has 0 fully saturated rings. The van der Waals surface area contributed by atoms with E-state index in [2.05, 4.69) is 0 Å². The Morgan fingerprint density at radius 1 is 1.05 bits per heavy atom. The highest BCUT2D eigenvalue weighted by Crippen LogP contribution is 2.47. The van der Waals surface area contributed by atoms with E-state index in [0.29, 0.717) is 10.6 Å². The van der Waals surface area contributed by atoms with Gasteiger partial charge in [0, 0.05) is 5.02 Å². The standard InChI is InChI=1S/C10H3Cl7O2/c11-3-1-4-6(5(12)2-3)18-9(10(15,16)17)19-7(4)8(13)14/h1-2,9H. The SMILES string of the molecule is ClC(Cl)=C1OC(C(Cl)(Cl)Cl)Oc2c(Cl)cc(Cl)cc21. The van der Waals surface area contributed by atoms with E-state index in [1.807, 2.05) is 0 Å². The molecule has 0 bridgehead atoms. The van der Waals surface area contributed by atoms with Gasteiger partial charge >= 0.3 is 0 Å². The first kappa shape index (κ1) is 16.0. The highest BCUT2D eigenvalue weighted by atomic mass is 35.6. The first-order chi connectivity index (χ1) is 8.70. The second kappa shape index (κ2) is 5.76. The Bertz CT molecular complexity index is 546. The molecule has 1 unspecified atom stereocenters. The van der Waals surface area contributed by atoms with Gasteiger partial charge in [-0.1, -0.05) is 81.2 Å². The molecule has 2 nitrogen and oxygen atoms in total. The third kappa shape index (κ3) is 3.44. The number of hydrogen-bond acceptors (Lipinski definition) is 2. The largest absolute Gasteiger partial charge is 0.448 e. The zero-order valence-corrected chi connectivity index (χ0v) is 14.0. The van der Waals surface area contributed by atoms with Crippen LogP contribution in [0, 0.1) is 0 Å².